The topological polar surface area (TPSA) is 50.3 Å². The summed E-state index contributed by atoms with van der Waals surface area (Å²) in [6.45, 7) is 4.77. The SMILES string of the molecule is CC(C)CCN(C1CCCC1)S(=O)(=O)c1cccnc1Cl. The number of pyridine rings is 1. The maximum Gasteiger partial charge on any atom is 0.246 e. The standard InChI is InChI=1S/C15H23ClN2O2S/c1-12(2)9-11-18(13-6-3-4-7-13)21(19,20)14-8-5-10-17-15(14)16/h5,8,10,12-13H,3-4,6-7,9,11H2,1-2H3. The van der Waals surface area contributed by atoms with E-state index < -0.39 is 10.0 Å². The van der Waals surface area contributed by atoms with Crippen LogP contribution in [0.5, 0.6) is 0 Å². The van der Waals surface area contributed by atoms with Crippen LogP contribution in [0.3, 0.4) is 0 Å². The van der Waals surface area contributed by atoms with E-state index in [0.29, 0.717) is 12.5 Å². The van der Waals surface area contributed by atoms with E-state index in [1.165, 1.54) is 6.20 Å². The summed E-state index contributed by atoms with van der Waals surface area (Å²) >= 11 is 6.01. The highest BCUT2D eigenvalue weighted by molar-refractivity contribution is 7.89. The van der Waals surface area contributed by atoms with Crippen molar-refractivity contribution in [3.63, 3.8) is 0 Å². The molecule has 0 bridgehead atoms. The first-order chi connectivity index (χ1) is 9.93. The quantitative estimate of drug-likeness (QED) is 0.747. The Balaban J connectivity index is 2.32. The first-order valence-corrected chi connectivity index (χ1v) is 9.37. The number of halogens is 1. The van der Waals surface area contributed by atoms with Crippen molar-refractivity contribution >= 4 is 21.6 Å². The zero-order valence-corrected chi connectivity index (χ0v) is 14.2. The Morgan fingerprint density at radius 3 is 2.62 bits per heavy atom. The highest BCUT2D eigenvalue weighted by atomic mass is 35.5. The van der Waals surface area contributed by atoms with E-state index in [-0.39, 0.29) is 16.1 Å². The molecule has 2 rings (SSSR count). The molecular formula is C15H23ClN2O2S. The van der Waals surface area contributed by atoms with Crippen molar-refractivity contribution < 1.29 is 8.42 Å². The number of rotatable bonds is 6. The van der Waals surface area contributed by atoms with Gasteiger partial charge in [0.05, 0.1) is 0 Å². The van der Waals surface area contributed by atoms with E-state index in [1.54, 1.807) is 16.4 Å². The van der Waals surface area contributed by atoms with Crippen molar-refractivity contribution in [1.82, 2.24) is 9.29 Å². The summed E-state index contributed by atoms with van der Waals surface area (Å²) in [5.41, 5.74) is 0. The van der Waals surface area contributed by atoms with Crippen molar-refractivity contribution in [1.29, 1.82) is 0 Å². The summed E-state index contributed by atoms with van der Waals surface area (Å²) in [4.78, 5) is 4.04. The van der Waals surface area contributed by atoms with Crippen LogP contribution in [0.15, 0.2) is 23.2 Å². The highest BCUT2D eigenvalue weighted by Crippen LogP contribution is 2.31. The molecule has 1 aliphatic carbocycles. The van der Waals surface area contributed by atoms with Gasteiger partial charge in [0.15, 0.2) is 0 Å². The predicted molar refractivity (Wildman–Crippen MR) is 84.8 cm³/mol. The second-order valence-corrected chi connectivity index (χ2v) is 8.25. The third kappa shape index (κ3) is 3.96. The van der Waals surface area contributed by atoms with Crippen molar-refractivity contribution in [3.8, 4) is 0 Å². The van der Waals surface area contributed by atoms with Crippen molar-refractivity contribution in [2.24, 2.45) is 5.92 Å². The minimum absolute atomic E-state index is 0.0602. The molecule has 6 heteroatoms. The average Bonchev–Trinajstić information content (AvgIpc) is 2.92. The van der Waals surface area contributed by atoms with Gasteiger partial charge in [-0.25, -0.2) is 13.4 Å². The fourth-order valence-electron chi connectivity index (χ4n) is 2.77. The van der Waals surface area contributed by atoms with Crippen molar-refractivity contribution in [2.45, 2.75) is 56.9 Å². The van der Waals surface area contributed by atoms with Crippen LogP contribution in [0.2, 0.25) is 5.15 Å². The molecule has 1 saturated carbocycles. The van der Waals surface area contributed by atoms with E-state index in [2.05, 4.69) is 18.8 Å². The van der Waals surface area contributed by atoms with Crippen LogP contribution in [-0.2, 0) is 10.0 Å². The molecule has 1 aromatic rings. The third-order valence-corrected chi connectivity index (χ3v) is 6.37. The summed E-state index contributed by atoms with van der Waals surface area (Å²) < 4.78 is 27.6. The first-order valence-electron chi connectivity index (χ1n) is 7.55. The van der Waals surface area contributed by atoms with E-state index in [4.69, 9.17) is 11.6 Å². The normalized spacial score (nSPS) is 17.0. The largest absolute Gasteiger partial charge is 0.246 e. The molecule has 21 heavy (non-hydrogen) atoms. The third-order valence-electron chi connectivity index (χ3n) is 3.97. The first kappa shape index (κ1) is 16.7. The highest BCUT2D eigenvalue weighted by Gasteiger charge is 2.34. The molecule has 0 saturated heterocycles. The minimum atomic E-state index is -3.57. The van der Waals surface area contributed by atoms with Gasteiger partial charge in [0.2, 0.25) is 10.0 Å². The number of hydrogen-bond acceptors (Lipinski definition) is 3. The van der Waals surface area contributed by atoms with Crippen molar-refractivity contribution in [2.75, 3.05) is 6.54 Å². The molecule has 0 amide bonds. The Bertz CT molecular complexity index is 569. The number of hydrogen-bond donors (Lipinski definition) is 0. The molecule has 0 atom stereocenters. The molecule has 1 heterocycles. The van der Waals surface area contributed by atoms with Crippen LogP contribution < -0.4 is 0 Å². The van der Waals surface area contributed by atoms with Gasteiger partial charge in [-0.1, -0.05) is 38.3 Å². The van der Waals surface area contributed by atoms with E-state index in [9.17, 15) is 8.42 Å². The van der Waals surface area contributed by atoms with Gasteiger partial charge in [-0.3, -0.25) is 0 Å². The monoisotopic (exact) mass is 330 g/mol. The Morgan fingerprint density at radius 1 is 1.38 bits per heavy atom. The van der Waals surface area contributed by atoms with Crippen LogP contribution in [0.1, 0.15) is 46.0 Å². The summed E-state index contributed by atoms with van der Waals surface area (Å²) in [7, 11) is -3.57. The molecule has 1 aromatic heterocycles. The number of sulfonamides is 1. The average molecular weight is 331 g/mol. The number of nitrogens with zero attached hydrogens (tertiary/aromatic N) is 2. The van der Waals surface area contributed by atoms with Gasteiger partial charge < -0.3 is 0 Å². The Hall–Kier alpha value is -0.650. The van der Waals surface area contributed by atoms with Gasteiger partial charge in [-0.2, -0.15) is 4.31 Å². The maximum absolute atomic E-state index is 13.0. The summed E-state index contributed by atoms with van der Waals surface area (Å²) in [5.74, 6) is 0.466. The van der Waals surface area contributed by atoms with Crippen LogP contribution in [0.4, 0.5) is 0 Å². The Morgan fingerprint density at radius 2 is 2.05 bits per heavy atom. The lowest BCUT2D eigenvalue weighted by molar-refractivity contribution is 0.304. The van der Waals surface area contributed by atoms with Gasteiger partial charge in [-0.15, -0.1) is 0 Å². The molecule has 1 fully saturated rings. The van der Waals surface area contributed by atoms with E-state index in [0.717, 1.165) is 32.1 Å². The maximum atomic E-state index is 13.0. The lowest BCUT2D eigenvalue weighted by Crippen LogP contribution is -2.40. The zero-order chi connectivity index (χ0) is 15.5. The van der Waals surface area contributed by atoms with Gasteiger partial charge in [-0.05, 0) is 37.3 Å². The molecule has 0 aromatic carbocycles. The zero-order valence-electron chi connectivity index (χ0n) is 12.6. The van der Waals surface area contributed by atoms with E-state index >= 15 is 0 Å². The fourth-order valence-corrected chi connectivity index (χ4v) is 4.90. The number of aromatic nitrogens is 1. The molecule has 0 aliphatic heterocycles. The fraction of sp³-hybridized carbons (Fsp3) is 0.667. The summed E-state index contributed by atoms with van der Waals surface area (Å²) in [6.07, 6.45) is 6.44. The predicted octanol–water partition coefficient (Wildman–Crippen LogP) is 3.71. The van der Waals surface area contributed by atoms with Crippen LogP contribution >= 0.6 is 11.6 Å². The van der Waals surface area contributed by atoms with Gasteiger partial charge >= 0.3 is 0 Å². The second-order valence-electron chi connectivity index (χ2n) is 6.03. The van der Waals surface area contributed by atoms with Crippen LogP contribution in [-0.4, -0.2) is 30.3 Å². The molecule has 0 N–H and O–H groups in total. The lowest BCUT2D eigenvalue weighted by Gasteiger charge is -2.28. The Labute approximate surface area is 132 Å². The molecule has 118 valence electrons. The van der Waals surface area contributed by atoms with Crippen molar-refractivity contribution in [3.05, 3.63) is 23.5 Å². The smallest absolute Gasteiger partial charge is 0.243 e. The lowest BCUT2D eigenvalue weighted by atomic mass is 10.1. The minimum Gasteiger partial charge on any atom is -0.243 e. The summed E-state index contributed by atoms with van der Waals surface area (Å²) in [5, 5.41) is 0.0602. The molecule has 0 radical (unpaired) electrons. The van der Waals surface area contributed by atoms with Gasteiger partial charge in [0, 0.05) is 18.8 Å². The van der Waals surface area contributed by atoms with Gasteiger partial charge in [0.25, 0.3) is 0 Å². The molecule has 0 unspecified atom stereocenters. The second kappa shape index (κ2) is 7.07. The Kier molecular flexibility index (Phi) is 5.63. The molecule has 0 spiro atoms. The van der Waals surface area contributed by atoms with E-state index in [1.807, 2.05) is 0 Å². The van der Waals surface area contributed by atoms with Crippen LogP contribution in [0, 0.1) is 5.92 Å². The molecule has 4 nitrogen and oxygen atoms in total. The molecular weight excluding hydrogens is 308 g/mol. The molecule has 1 aliphatic rings. The van der Waals surface area contributed by atoms with Gasteiger partial charge in [0.1, 0.15) is 10.0 Å². The van der Waals surface area contributed by atoms with Crippen LogP contribution in [0.25, 0.3) is 0 Å². The summed E-state index contributed by atoms with van der Waals surface area (Å²) in [6, 6.07) is 3.26.